The van der Waals surface area contributed by atoms with Gasteiger partial charge in [-0.15, -0.1) is 0 Å². The normalized spacial score (nSPS) is 12.1. The summed E-state index contributed by atoms with van der Waals surface area (Å²) in [7, 11) is 0. The topological polar surface area (TPSA) is 14.2 Å². The Morgan fingerprint density at radius 2 is 0.939 bits per heavy atom. The zero-order valence-corrected chi connectivity index (χ0v) is 27.8. The number of alkyl halides is 3. The van der Waals surface area contributed by atoms with Crippen molar-refractivity contribution >= 4 is 49.3 Å². The molecule has 8 aromatic rings. The summed E-state index contributed by atoms with van der Waals surface area (Å²) in [6.07, 6.45) is -4.61. The van der Waals surface area contributed by atoms with Crippen LogP contribution in [0.4, 0.5) is 18.9 Å². The molecule has 240 valence electrons. The van der Waals surface area contributed by atoms with Gasteiger partial charge in [-0.05, 0) is 118 Å². The van der Waals surface area contributed by atoms with E-state index in [0.717, 1.165) is 71.9 Å². The van der Waals surface area contributed by atoms with Crippen LogP contribution >= 0.6 is 0 Å². The van der Waals surface area contributed by atoms with E-state index in [1.54, 1.807) is 25.1 Å². The molecule has 0 atom stereocenters. The molecule has 3 nitrogen and oxygen atoms in total. The van der Waals surface area contributed by atoms with Gasteiger partial charge in [0.05, 0.1) is 45.6 Å². The number of fused-ring (bicyclic) bond motifs is 6. The Labute approximate surface area is 282 Å². The number of halogens is 3. The Balaban J connectivity index is 1.61. The predicted molar refractivity (Wildman–Crippen MR) is 196 cm³/mol. The lowest BCUT2D eigenvalue weighted by molar-refractivity contribution is -0.137. The van der Waals surface area contributed by atoms with Gasteiger partial charge in [0.25, 0.3) is 0 Å². The molecule has 6 aromatic carbocycles. The van der Waals surface area contributed by atoms with Crippen molar-refractivity contribution in [1.29, 1.82) is 0 Å². The van der Waals surface area contributed by atoms with Crippen LogP contribution in [0.2, 0.25) is 0 Å². The molecule has 49 heavy (non-hydrogen) atoms. The van der Waals surface area contributed by atoms with Gasteiger partial charge in [0.1, 0.15) is 0 Å². The van der Waals surface area contributed by atoms with Crippen LogP contribution in [-0.4, -0.2) is 9.13 Å². The Kier molecular flexibility index (Phi) is 6.77. The molecule has 0 aliphatic rings. The Bertz CT molecular complexity index is 2600. The third-order valence-corrected chi connectivity index (χ3v) is 9.69. The number of benzene rings is 6. The number of rotatable bonds is 3. The molecule has 0 saturated carbocycles. The number of hydrogen-bond donors (Lipinski definition) is 0. The fourth-order valence-electron chi connectivity index (χ4n) is 7.50. The van der Waals surface area contributed by atoms with Crippen LogP contribution in [0.5, 0.6) is 0 Å². The smallest absolute Gasteiger partial charge is 0.308 e. The molecule has 2 aromatic heterocycles. The molecular formula is C43H32F3N3. The molecule has 8 rings (SSSR count). The van der Waals surface area contributed by atoms with Crippen LogP contribution in [0.25, 0.3) is 71.0 Å². The Hall–Kier alpha value is -5.80. The van der Waals surface area contributed by atoms with E-state index in [-0.39, 0.29) is 16.8 Å². The molecule has 0 radical (unpaired) electrons. The molecule has 0 spiro atoms. The van der Waals surface area contributed by atoms with E-state index in [2.05, 4.69) is 114 Å². The van der Waals surface area contributed by atoms with E-state index in [1.165, 1.54) is 6.07 Å². The minimum Gasteiger partial charge on any atom is -0.308 e. The highest BCUT2D eigenvalue weighted by Gasteiger charge is 2.35. The molecule has 0 unspecified atom stereocenters. The fourth-order valence-corrected chi connectivity index (χ4v) is 7.50. The van der Waals surface area contributed by atoms with Gasteiger partial charge in [-0.2, -0.15) is 13.2 Å². The summed E-state index contributed by atoms with van der Waals surface area (Å²) in [4.78, 5) is 3.90. The standard InChI is InChI=1S/C43H32F3N3/c1-24-10-14-36-29(18-24)30-19-25(2)11-15-37(30)48(36)40-22-33(42-28(5)8-7-9-34(42)43(44,45)46)35(47-6)23-41(40)49-38-16-12-26(3)20-31(38)32-21-27(4)13-17-39(32)49/h7-23H,1-5H3. The first kappa shape index (κ1) is 30.5. The maximum atomic E-state index is 14.6. The van der Waals surface area contributed by atoms with Gasteiger partial charge in [-0.1, -0.05) is 58.7 Å². The van der Waals surface area contributed by atoms with Gasteiger partial charge in [-0.3, -0.25) is 0 Å². The SMILES string of the molecule is [C-]#[N+]c1cc(-n2c3ccc(C)cc3c3cc(C)ccc32)c(-n2c3ccc(C)cc3c3cc(C)ccc32)cc1-c1c(C)cccc1C(F)(F)F. The molecule has 0 amide bonds. The average molecular weight is 648 g/mol. The van der Waals surface area contributed by atoms with Gasteiger partial charge >= 0.3 is 6.18 Å². The highest BCUT2D eigenvalue weighted by Crippen LogP contribution is 2.47. The zero-order chi connectivity index (χ0) is 34.4. The van der Waals surface area contributed by atoms with E-state index in [1.807, 2.05) is 0 Å². The van der Waals surface area contributed by atoms with Crippen LogP contribution in [0.1, 0.15) is 33.4 Å². The number of nitrogens with zero attached hydrogens (tertiary/aromatic N) is 3. The predicted octanol–water partition coefficient (Wildman–Crippen LogP) is 12.7. The summed E-state index contributed by atoms with van der Waals surface area (Å²) in [5, 5.41) is 4.26. The first-order chi connectivity index (χ1) is 23.4. The second-order valence-corrected chi connectivity index (χ2v) is 13.2. The first-order valence-corrected chi connectivity index (χ1v) is 16.2. The monoisotopic (exact) mass is 647 g/mol. The number of hydrogen-bond acceptors (Lipinski definition) is 0. The minimum atomic E-state index is -4.61. The molecule has 6 heteroatoms. The lowest BCUT2D eigenvalue weighted by Gasteiger charge is -2.22. The summed E-state index contributed by atoms with van der Waals surface area (Å²) in [5.41, 5.74) is 9.76. The number of aryl methyl sites for hydroxylation is 5. The van der Waals surface area contributed by atoms with Gasteiger partial charge in [0.15, 0.2) is 5.69 Å². The van der Waals surface area contributed by atoms with Crippen molar-refractivity contribution in [3.8, 4) is 22.5 Å². The van der Waals surface area contributed by atoms with Gasteiger partial charge in [0, 0.05) is 21.5 Å². The van der Waals surface area contributed by atoms with E-state index < -0.39 is 11.7 Å². The van der Waals surface area contributed by atoms with E-state index in [9.17, 15) is 13.2 Å². The van der Waals surface area contributed by atoms with Gasteiger partial charge < -0.3 is 9.13 Å². The Morgan fingerprint density at radius 1 is 0.531 bits per heavy atom. The maximum absolute atomic E-state index is 14.6. The molecule has 0 saturated heterocycles. The van der Waals surface area contributed by atoms with Crippen LogP contribution < -0.4 is 0 Å². The van der Waals surface area contributed by atoms with Gasteiger partial charge in [0.2, 0.25) is 0 Å². The van der Waals surface area contributed by atoms with Crippen LogP contribution in [0.3, 0.4) is 0 Å². The molecular weight excluding hydrogens is 615 g/mol. The number of aromatic nitrogens is 2. The quantitative estimate of drug-likeness (QED) is 0.170. The van der Waals surface area contributed by atoms with Crippen molar-refractivity contribution in [2.24, 2.45) is 0 Å². The summed E-state index contributed by atoms with van der Waals surface area (Å²) < 4.78 is 48.3. The van der Waals surface area contributed by atoms with Crippen molar-refractivity contribution in [2.75, 3.05) is 0 Å². The van der Waals surface area contributed by atoms with Crippen molar-refractivity contribution in [3.05, 3.63) is 148 Å². The first-order valence-electron chi connectivity index (χ1n) is 16.2. The largest absolute Gasteiger partial charge is 0.416 e. The minimum absolute atomic E-state index is 0.0229. The van der Waals surface area contributed by atoms with E-state index >= 15 is 0 Å². The second-order valence-electron chi connectivity index (χ2n) is 13.2. The molecule has 0 aliphatic heterocycles. The van der Waals surface area contributed by atoms with Crippen LogP contribution in [0, 0.1) is 41.2 Å². The van der Waals surface area contributed by atoms with Crippen molar-refractivity contribution in [1.82, 2.24) is 9.13 Å². The summed E-state index contributed by atoms with van der Waals surface area (Å²) in [5.74, 6) is 0. The lowest BCUT2D eigenvalue weighted by atomic mass is 9.92. The molecule has 0 N–H and O–H groups in total. The molecule has 0 aliphatic carbocycles. The lowest BCUT2D eigenvalue weighted by Crippen LogP contribution is -2.09. The highest BCUT2D eigenvalue weighted by molar-refractivity contribution is 6.12. The Morgan fingerprint density at radius 3 is 1.33 bits per heavy atom. The molecule has 2 heterocycles. The zero-order valence-electron chi connectivity index (χ0n) is 27.8. The fraction of sp³-hybridized carbons (Fsp3) is 0.140. The van der Waals surface area contributed by atoms with Crippen molar-refractivity contribution < 1.29 is 13.2 Å². The van der Waals surface area contributed by atoms with E-state index in [0.29, 0.717) is 16.9 Å². The van der Waals surface area contributed by atoms with Crippen LogP contribution in [-0.2, 0) is 6.18 Å². The average Bonchev–Trinajstić information content (AvgIpc) is 3.54. The third-order valence-electron chi connectivity index (χ3n) is 9.69. The van der Waals surface area contributed by atoms with Crippen molar-refractivity contribution in [3.63, 3.8) is 0 Å². The molecule has 0 bridgehead atoms. The summed E-state index contributed by atoms with van der Waals surface area (Å²) in [6.45, 7) is 18.3. The summed E-state index contributed by atoms with van der Waals surface area (Å²) >= 11 is 0. The van der Waals surface area contributed by atoms with Crippen LogP contribution in [0.15, 0.2) is 103 Å². The van der Waals surface area contributed by atoms with Gasteiger partial charge in [-0.25, -0.2) is 4.85 Å². The van der Waals surface area contributed by atoms with E-state index in [4.69, 9.17) is 6.57 Å². The van der Waals surface area contributed by atoms with Crippen molar-refractivity contribution in [2.45, 2.75) is 40.8 Å². The maximum Gasteiger partial charge on any atom is 0.416 e. The third kappa shape index (κ3) is 4.72. The highest BCUT2D eigenvalue weighted by atomic mass is 19.4. The summed E-state index contributed by atoms with van der Waals surface area (Å²) in [6, 6.07) is 33.1. The molecule has 0 fully saturated rings. The second kappa shape index (κ2) is 10.9.